The number of nitrogens with one attached hydrogen (secondary N) is 1. The van der Waals surface area contributed by atoms with Crippen molar-refractivity contribution < 1.29 is 9.53 Å². The van der Waals surface area contributed by atoms with Gasteiger partial charge in [-0.1, -0.05) is 6.92 Å². The first-order valence-electron chi connectivity index (χ1n) is 5.34. The van der Waals surface area contributed by atoms with E-state index in [1.165, 1.54) is 0 Å². The monoisotopic (exact) mass is 226 g/mol. The van der Waals surface area contributed by atoms with Crippen molar-refractivity contribution >= 4 is 5.91 Å². The number of carbonyl (C=O) groups is 1. The summed E-state index contributed by atoms with van der Waals surface area (Å²) in [5.41, 5.74) is 0. The minimum Gasteiger partial charge on any atom is -0.383 e. The van der Waals surface area contributed by atoms with Crippen LogP contribution < -0.4 is 0 Å². The summed E-state index contributed by atoms with van der Waals surface area (Å²) in [4.78, 5) is 17.5. The van der Waals surface area contributed by atoms with Gasteiger partial charge < -0.3 is 9.64 Å². The van der Waals surface area contributed by atoms with Gasteiger partial charge in [-0.2, -0.15) is 0 Å². The molecule has 1 N–H and O–H groups in total. The smallest absolute Gasteiger partial charge is 0.293 e. The molecule has 1 aromatic heterocycles. The van der Waals surface area contributed by atoms with Crippen LogP contribution in [0.1, 0.15) is 29.8 Å². The Balaban J connectivity index is 2.57. The Hall–Kier alpha value is -1.43. The summed E-state index contributed by atoms with van der Waals surface area (Å²) in [5, 5.41) is 6.65. The van der Waals surface area contributed by atoms with Gasteiger partial charge in [0.1, 0.15) is 5.82 Å². The highest BCUT2D eigenvalue weighted by Crippen LogP contribution is 2.00. The van der Waals surface area contributed by atoms with Gasteiger partial charge >= 0.3 is 0 Å². The Morgan fingerprint density at radius 3 is 2.94 bits per heavy atom. The van der Waals surface area contributed by atoms with Crippen LogP contribution >= 0.6 is 0 Å². The SMILES string of the molecule is CCCc1nc(C(=O)N(C)CCOC)n[nH]1. The van der Waals surface area contributed by atoms with Crippen LogP contribution in [0.3, 0.4) is 0 Å². The van der Waals surface area contributed by atoms with Crippen LogP contribution in [-0.2, 0) is 11.2 Å². The Morgan fingerprint density at radius 1 is 1.56 bits per heavy atom. The van der Waals surface area contributed by atoms with E-state index in [2.05, 4.69) is 22.1 Å². The number of aromatic nitrogens is 3. The fourth-order valence-electron chi connectivity index (χ4n) is 1.24. The summed E-state index contributed by atoms with van der Waals surface area (Å²) in [6.07, 6.45) is 1.78. The highest BCUT2D eigenvalue weighted by atomic mass is 16.5. The number of nitrogens with zero attached hydrogens (tertiary/aromatic N) is 3. The number of aryl methyl sites for hydroxylation is 1. The number of likely N-dealkylation sites (N-methyl/N-ethyl adjacent to an activating group) is 1. The molecule has 0 aliphatic rings. The molecular formula is C10H18N4O2. The topological polar surface area (TPSA) is 71.1 Å². The zero-order valence-electron chi connectivity index (χ0n) is 9.99. The van der Waals surface area contributed by atoms with E-state index in [4.69, 9.17) is 4.74 Å². The molecule has 0 aliphatic carbocycles. The molecule has 0 spiro atoms. The molecule has 16 heavy (non-hydrogen) atoms. The van der Waals surface area contributed by atoms with Crippen molar-refractivity contribution in [1.29, 1.82) is 0 Å². The van der Waals surface area contributed by atoms with Crippen molar-refractivity contribution in [1.82, 2.24) is 20.1 Å². The van der Waals surface area contributed by atoms with E-state index in [1.807, 2.05) is 0 Å². The van der Waals surface area contributed by atoms with Crippen LogP contribution in [0, 0.1) is 0 Å². The zero-order chi connectivity index (χ0) is 12.0. The molecule has 0 saturated heterocycles. The lowest BCUT2D eigenvalue weighted by Crippen LogP contribution is -2.30. The maximum Gasteiger partial charge on any atom is 0.293 e. The van der Waals surface area contributed by atoms with E-state index in [-0.39, 0.29) is 11.7 Å². The van der Waals surface area contributed by atoms with Gasteiger partial charge in [0, 0.05) is 27.1 Å². The van der Waals surface area contributed by atoms with Crippen molar-refractivity contribution in [3.05, 3.63) is 11.6 Å². The molecule has 1 heterocycles. The number of hydrogen-bond acceptors (Lipinski definition) is 4. The van der Waals surface area contributed by atoms with Crippen molar-refractivity contribution in [2.45, 2.75) is 19.8 Å². The highest BCUT2D eigenvalue weighted by molar-refractivity contribution is 5.90. The first-order chi connectivity index (χ1) is 7.69. The quantitative estimate of drug-likeness (QED) is 0.765. The minimum atomic E-state index is -0.185. The molecule has 90 valence electrons. The number of hydrogen-bond donors (Lipinski definition) is 1. The third-order valence-electron chi connectivity index (χ3n) is 2.19. The average molecular weight is 226 g/mol. The van der Waals surface area contributed by atoms with E-state index in [1.54, 1.807) is 19.1 Å². The molecule has 6 nitrogen and oxygen atoms in total. The van der Waals surface area contributed by atoms with Crippen LogP contribution in [0.2, 0.25) is 0 Å². The van der Waals surface area contributed by atoms with E-state index < -0.39 is 0 Å². The van der Waals surface area contributed by atoms with E-state index in [0.717, 1.165) is 18.7 Å². The Bertz CT molecular complexity index is 337. The zero-order valence-corrected chi connectivity index (χ0v) is 9.99. The normalized spacial score (nSPS) is 10.4. The molecule has 0 fully saturated rings. The van der Waals surface area contributed by atoms with Crippen LogP contribution in [0.5, 0.6) is 0 Å². The summed E-state index contributed by atoms with van der Waals surface area (Å²) in [6.45, 7) is 3.09. The van der Waals surface area contributed by atoms with E-state index >= 15 is 0 Å². The number of carbonyl (C=O) groups excluding carboxylic acids is 1. The molecule has 0 aromatic carbocycles. The summed E-state index contributed by atoms with van der Waals surface area (Å²) in [7, 11) is 3.31. The maximum absolute atomic E-state index is 11.8. The van der Waals surface area contributed by atoms with Crippen molar-refractivity contribution in [3.8, 4) is 0 Å². The molecule has 0 bridgehead atoms. The largest absolute Gasteiger partial charge is 0.383 e. The summed E-state index contributed by atoms with van der Waals surface area (Å²) >= 11 is 0. The standard InChI is InChI=1S/C10H18N4O2/c1-4-5-8-11-9(13-12-8)10(15)14(2)6-7-16-3/h4-7H2,1-3H3,(H,11,12,13). The van der Waals surface area contributed by atoms with Gasteiger partial charge in [0.05, 0.1) is 6.61 Å². The van der Waals surface area contributed by atoms with Gasteiger partial charge in [0.15, 0.2) is 0 Å². The summed E-state index contributed by atoms with van der Waals surface area (Å²) < 4.78 is 4.90. The molecule has 1 aromatic rings. The van der Waals surface area contributed by atoms with Crippen LogP contribution in [0.15, 0.2) is 0 Å². The Kier molecular flexibility index (Phi) is 4.91. The molecule has 0 saturated carbocycles. The minimum absolute atomic E-state index is 0.185. The van der Waals surface area contributed by atoms with Gasteiger partial charge in [0.25, 0.3) is 5.91 Å². The van der Waals surface area contributed by atoms with Crippen molar-refractivity contribution in [2.75, 3.05) is 27.3 Å². The fourth-order valence-corrected chi connectivity index (χ4v) is 1.24. The molecule has 1 rings (SSSR count). The molecule has 0 radical (unpaired) electrons. The lowest BCUT2D eigenvalue weighted by molar-refractivity contribution is 0.0733. The number of rotatable bonds is 6. The maximum atomic E-state index is 11.8. The van der Waals surface area contributed by atoms with E-state index in [0.29, 0.717) is 13.2 Å². The lowest BCUT2D eigenvalue weighted by Gasteiger charge is -2.13. The number of aromatic amines is 1. The second-order valence-corrected chi connectivity index (χ2v) is 3.58. The second-order valence-electron chi connectivity index (χ2n) is 3.58. The fraction of sp³-hybridized carbons (Fsp3) is 0.700. The predicted molar refractivity (Wildman–Crippen MR) is 59.2 cm³/mol. The Morgan fingerprint density at radius 2 is 2.31 bits per heavy atom. The first kappa shape index (κ1) is 12.6. The third-order valence-corrected chi connectivity index (χ3v) is 2.19. The number of amides is 1. The summed E-state index contributed by atoms with van der Waals surface area (Å²) in [6, 6.07) is 0. The van der Waals surface area contributed by atoms with Crippen LogP contribution in [-0.4, -0.2) is 53.3 Å². The van der Waals surface area contributed by atoms with E-state index in [9.17, 15) is 4.79 Å². The molecule has 0 atom stereocenters. The lowest BCUT2D eigenvalue weighted by atomic mass is 10.3. The van der Waals surface area contributed by atoms with Gasteiger partial charge in [-0.15, -0.1) is 5.10 Å². The van der Waals surface area contributed by atoms with Crippen molar-refractivity contribution in [2.24, 2.45) is 0 Å². The average Bonchev–Trinajstić information content (AvgIpc) is 2.74. The van der Waals surface area contributed by atoms with Crippen LogP contribution in [0.25, 0.3) is 0 Å². The first-order valence-corrected chi connectivity index (χ1v) is 5.34. The van der Waals surface area contributed by atoms with Gasteiger partial charge in [-0.3, -0.25) is 9.89 Å². The molecular weight excluding hydrogens is 208 g/mol. The number of ether oxygens (including phenoxy) is 1. The van der Waals surface area contributed by atoms with Gasteiger partial charge in [0.2, 0.25) is 5.82 Å². The van der Waals surface area contributed by atoms with Gasteiger partial charge in [-0.25, -0.2) is 4.98 Å². The van der Waals surface area contributed by atoms with Crippen LogP contribution in [0.4, 0.5) is 0 Å². The second kappa shape index (κ2) is 6.22. The molecule has 6 heteroatoms. The van der Waals surface area contributed by atoms with Gasteiger partial charge in [-0.05, 0) is 6.42 Å². The predicted octanol–water partition coefficient (Wildman–Crippen LogP) is 0.476. The number of H-pyrrole nitrogens is 1. The molecule has 1 amide bonds. The highest BCUT2D eigenvalue weighted by Gasteiger charge is 2.16. The summed E-state index contributed by atoms with van der Waals surface area (Å²) in [5.74, 6) is 0.795. The molecule has 0 aliphatic heterocycles. The number of methoxy groups -OCH3 is 1. The molecule has 0 unspecified atom stereocenters. The van der Waals surface area contributed by atoms with Crippen molar-refractivity contribution in [3.63, 3.8) is 0 Å². The Labute approximate surface area is 95.0 Å². The third kappa shape index (κ3) is 3.30.